The van der Waals surface area contributed by atoms with E-state index in [0.29, 0.717) is 17.8 Å². The number of hydrogen-bond donors (Lipinski definition) is 1. The van der Waals surface area contributed by atoms with Gasteiger partial charge < -0.3 is 9.84 Å². The van der Waals surface area contributed by atoms with Gasteiger partial charge in [-0.1, -0.05) is 13.0 Å². The van der Waals surface area contributed by atoms with Crippen molar-refractivity contribution < 1.29 is 9.84 Å². The Hall–Kier alpha value is -2.07. The molecule has 5 atom stereocenters. The van der Waals surface area contributed by atoms with E-state index in [9.17, 15) is 5.11 Å². The maximum Gasteiger partial charge on any atom is 0.119 e. The number of benzene rings is 1. The molecule has 0 bridgehead atoms. The van der Waals surface area contributed by atoms with Crippen LogP contribution < -0.4 is 4.74 Å². The molecule has 5 rings (SSSR count). The SMILES string of the molecule is COc1ccc2c(c1)CCC1C2CCC2(C)C(O)C(=Cc3ccnn3C)CC12. The fourth-order valence-electron chi connectivity index (χ4n) is 6.40. The number of aryl methyl sites for hydroxylation is 2. The molecule has 1 aromatic heterocycles. The number of methoxy groups -OCH3 is 1. The van der Waals surface area contributed by atoms with Gasteiger partial charge in [0.1, 0.15) is 5.75 Å². The van der Waals surface area contributed by atoms with Gasteiger partial charge in [0.15, 0.2) is 0 Å². The summed E-state index contributed by atoms with van der Waals surface area (Å²) < 4.78 is 7.33. The molecule has 0 spiro atoms. The largest absolute Gasteiger partial charge is 0.497 e. The summed E-state index contributed by atoms with van der Waals surface area (Å²) in [5.41, 5.74) is 5.26. The molecular weight excluding hydrogens is 348 g/mol. The summed E-state index contributed by atoms with van der Waals surface area (Å²) in [6.45, 7) is 2.33. The number of aliphatic hydroxyl groups is 1. The highest BCUT2D eigenvalue weighted by Gasteiger charge is 2.56. The van der Waals surface area contributed by atoms with E-state index < -0.39 is 0 Å². The second-order valence-electron chi connectivity index (χ2n) is 9.23. The van der Waals surface area contributed by atoms with Gasteiger partial charge in [0.05, 0.1) is 18.9 Å². The third-order valence-electron chi connectivity index (χ3n) is 7.99. The van der Waals surface area contributed by atoms with Gasteiger partial charge >= 0.3 is 0 Å². The molecule has 4 heteroatoms. The van der Waals surface area contributed by atoms with Crippen LogP contribution in [0.1, 0.15) is 55.3 Å². The van der Waals surface area contributed by atoms with Gasteiger partial charge in [0.25, 0.3) is 0 Å². The van der Waals surface area contributed by atoms with Crippen LogP contribution in [0.4, 0.5) is 0 Å². The van der Waals surface area contributed by atoms with Crippen molar-refractivity contribution in [3.63, 3.8) is 0 Å². The Kier molecular flexibility index (Phi) is 4.16. The van der Waals surface area contributed by atoms with E-state index in [1.165, 1.54) is 29.5 Å². The summed E-state index contributed by atoms with van der Waals surface area (Å²) in [6.07, 6.45) is 9.28. The first-order valence-electron chi connectivity index (χ1n) is 10.5. The van der Waals surface area contributed by atoms with Crippen molar-refractivity contribution in [2.75, 3.05) is 7.11 Å². The van der Waals surface area contributed by atoms with Gasteiger partial charge in [-0.2, -0.15) is 5.10 Å². The molecule has 0 amide bonds. The molecule has 148 valence electrons. The maximum absolute atomic E-state index is 11.3. The van der Waals surface area contributed by atoms with Gasteiger partial charge in [-0.15, -0.1) is 0 Å². The van der Waals surface area contributed by atoms with Crippen LogP contribution in [0.3, 0.4) is 0 Å². The van der Waals surface area contributed by atoms with Gasteiger partial charge in [-0.25, -0.2) is 0 Å². The third kappa shape index (κ3) is 2.57. The third-order valence-corrected chi connectivity index (χ3v) is 7.99. The molecule has 2 aromatic rings. The zero-order chi connectivity index (χ0) is 19.5. The standard InChI is InChI=1S/C24H30N2O2/c1-24-10-8-20-19-7-5-18(28-3)13-15(19)4-6-21(20)22(24)14-16(23(24)27)12-17-9-11-25-26(17)2/h5,7,9,11-13,20-23,27H,4,6,8,10,14H2,1-3H3. The number of ether oxygens (including phenoxy) is 1. The molecular formula is C24H30N2O2. The highest BCUT2D eigenvalue weighted by molar-refractivity contribution is 5.52. The van der Waals surface area contributed by atoms with Crippen LogP contribution >= 0.6 is 0 Å². The highest BCUT2D eigenvalue weighted by Crippen LogP contribution is 2.62. The van der Waals surface area contributed by atoms with Crippen molar-refractivity contribution >= 4 is 6.08 Å². The number of hydrogen-bond acceptors (Lipinski definition) is 3. The summed E-state index contributed by atoms with van der Waals surface area (Å²) >= 11 is 0. The smallest absolute Gasteiger partial charge is 0.119 e. The van der Waals surface area contributed by atoms with Crippen LogP contribution in [-0.2, 0) is 13.5 Å². The Labute approximate surface area is 167 Å². The molecule has 2 fully saturated rings. The fraction of sp³-hybridized carbons (Fsp3) is 0.542. The Morgan fingerprint density at radius 2 is 2.14 bits per heavy atom. The summed E-state index contributed by atoms with van der Waals surface area (Å²) in [7, 11) is 3.71. The van der Waals surface area contributed by atoms with Crippen molar-refractivity contribution in [3.8, 4) is 5.75 Å². The molecule has 0 saturated heterocycles. The first-order valence-corrected chi connectivity index (χ1v) is 10.5. The second kappa shape index (κ2) is 6.48. The van der Waals surface area contributed by atoms with E-state index in [1.807, 2.05) is 24.0 Å². The van der Waals surface area contributed by atoms with E-state index in [2.05, 4.69) is 36.3 Å². The Bertz CT molecular complexity index is 930. The van der Waals surface area contributed by atoms with Gasteiger partial charge in [0.2, 0.25) is 0 Å². The summed E-state index contributed by atoms with van der Waals surface area (Å²) in [4.78, 5) is 0. The average molecular weight is 379 g/mol. The van der Waals surface area contributed by atoms with Crippen molar-refractivity contribution in [1.29, 1.82) is 0 Å². The van der Waals surface area contributed by atoms with Crippen molar-refractivity contribution in [1.82, 2.24) is 9.78 Å². The number of aliphatic hydroxyl groups excluding tert-OH is 1. The number of rotatable bonds is 2. The lowest BCUT2D eigenvalue weighted by molar-refractivity contribution is -0.0158. The zero-order valence-corrected chi connectivity index (χ0v) is 17.1. The van der Waals surface area contributed by atoms with Gasteiger partial charge in [-0.3, -0.25) is 4.68 Å². The predicted octanol–water partition coefficient (Wildman–Crippen LogP) is 4.34. The molecule has 1 aromatic carbocycles. The summed E-state index contributed by atoms with van der Waals surface area (Å²) in [5, 5.41) is 15.5. The average Bonchev–Trinajstić information content (AvgIpc) is 3.22. The molecule has 0 aliphatic heterocycles. The first-order chi connectivity index (χ1) is 13.5. The van der Waals surface area contributed by atoms with Crippen LogP contribution in [0.25, 0.3) is 6.08 Å². The van der Waals surface area contributed by atoms with Crippen molar-refractivity contribution in [2.45, 2.75) is 51.0 Å². The predicted molar refractivity (Wildman–Crippen MR) is 110 cm³/mol. The fourth-order valence-corrected chi connectivity index (χ4v) is 6.40. The monoisotopic (exact) mass is 378 g/mol. The molecule has 2 saturated carbocycles. The minimum atomic E-state index is -0.342. The van der Waals surface area contributed by atoms with Crippen LogP contribution in [0, 0.1) is 17.3 Å². The minimum Gasteiger partial charge on any atom is -0.497 e. The second-order valence-corrected chi connectivity index (χ2v) is 9.23. The molecule has 28 heavy (non-hydrogen) atoms. The Morgan fingerprint density at radius 1 is 1.29 bits per heavy atom. The molecule has 5 unspecified atom stereocenters. The van der Waals surface area contributed by atoms with Crippen LogP contribution in [-0.4, -0.2) is 28.1 Å². The Morgan fingerprint density at radius 3 is 2.89 bits per heavy atom. The van der Waals surface area contributed by atoms with E-state index in [4.69, 9.17) is 4.74 Å². The van der Waals surface area contributed by atoms with Crippen LogP contribution in [0.15, 0.2) is 36.0 Å². The molecule has 4 nitrogen and oxygen atoms in total. The minimum absolute atomic E-state index is 0.00440. The molecule has 3 aliphatic carbocycles. The topological polar surface area (TPSA) is 47.3 Å². The number of fused-ring (bicyclic) bond motifs is 5. The van der Waals surface area contributed by atoms with E-state index in [1.54, 1.807) is 7.11 Å². The Balaban J connectivity index is 1.48. The van der Waals surface area contributed by atoms with E-state index >= 15 is 0 Å². The normalized spacial score (nSPS) is 35.4. The summed E-state index contributed by atoms with van der Waals surface area (Å²) in [5.74, 6) is 2.80. The van der Waals surface area contributed by atoms with Gasteiger partial charge in [-0.05, 0) is 90.8 Å². The lowest BCUT2D eigenvalue weighted by Crippen LogP contribution is -2.44. The molecule has 3 aliphatic rings. The zero-order valence-electron chi connectivity index (χ0n) is 17.1. The molecule has 1 N–H and O–H groups in total. The van der Waals surface area contributed by atoms with Crippen molar-refractivity contribution in [3.05, 3.63) is 52.9 Å². The van der Waals surface area contributed by atoms with Crippen LogP contribution in [0.5, 0.6) is 5.75 Å². The quantitative estimate of drug-likeness (QED) is 0.846. The highest BCUT2D eigenvalue weighted by atomic mass is 16.5. The lowest BCUT2D eigenvalue weighted by atomic mass is 9.55. The molecule has 1 heterocycles. The summed E-state index contributed by atoms with van der Waals surface area (Å²) in [6, 6.07) is 8.67. The number of aromatic nitrogens is 2. The van der Waals surface area contributed by atoms with Crippen molar-refractivity contribution in [2.24, 2.45) is 24.3 Å². The lowest BCUT2D eigenvalue weighted by Gasteiger charge is -2.49. The van der Waals surface area contributed by atoms with Crippen LogP contribution in [0.2, 0.25) is 0 Å². The van der Waals surface area contributed by atoms with Gasteiger partial charge in [0, 0.05) is 18.7 Å². The first kappa shape index (κ1) is 18.0. The van der Waals surface area contributed by atoms with E-state index in [-0.39, 0.29) is 11.5 Å². The number of nitrogens with zero attached hydrogens (tertiary/aromatic N) is 2. The maximum atomic E-state index is 11.3. The molecule has 0 radical (unpaired) electrons. The van der Waals surface area contributed by atoms with E-state index in [0.717, 1.165) is 30.7 Å².